The SMILES string of the molecule is CC1CCc2c(sc(/N=C/c3ccc(I)o3)c2C#N)C1. The average Bonchev–Trinajstić information content (AvgIpc) is 2.98. The molecule has 0 fully saturated rings. The summed E-state index contributed by atoms with van der Waals surface area (Å²) in [6.07, 6.45) is 4.94. The molecule has 0 radical (unpaired) electrons. The minimum Gasteiger partial charge on any atom is -0.449 e. The first-order chi connectivity index (χ1) is 9.67. The molecule has 2 aromatic rings. The van der Waals surface area contributed by atoms with E-state index in [4.69, 9.17) is 4.42 Å². The summed E-state index contributed by atoms with van der Waals surface area (Å²) in [5, 5.41) is 10.2. The highest BCUT2D eigenvalue weighted by molar-refractivity contribution is 14.1. The third kappa shape index (κ3) is 2.67. The fourth-order valence-electron chi connectivity index (χ4n) is 2.46. The van der Waals surface area contributed by atoms with Crippen LogP contribution in [0.4, 0.5) is 5.00 Å². The van der Waals surface area contributed by atoms with Crippen molar-refractivity contribution in [3.8, 4) is 6.07 Å². The maximum atomic E-state index is 9.39. The lowest BCUT2D eigenvalue weighted by Gasteiger charge is -2.17. The Bertz CT molecular complexity index is 708. The van der Waals surface area contributed by atoms with E-state index < -0.39 is 0 Å². The normalized spacial score (nSPS) is 18.1. The van der Waals surface area contributed by atoms with E-state index in [-0.39, 0.29) is 0 Å². The Kier molecular flexibility index (Phi) is 3.94. The fraction of sp³-hybridized carbons (Fsp3) is 0.333. The van der Waals surface area contributed by atoms with Gasteiger partial charge in [0.2, 0.25) is 0 Å². The predicted octanol–water partition coefficient (Wildman–Crippen LogP) is 4.69. The van der Waals surface area contributed by atoms with Crippen molar-refractivity contribution < 1.29 is 4.42 Å². The van der Waals surface area contributed by atoms with Crippen molar-refractivity contribution in [3.05, 3.63) is 37.7 Å². The van der Waals surface area contributed by atoms with E-state index in [1.54, 1.807) is 17.6 Å². The van der Waals surface area contributed by atoms with E-state index in [1.807, 2.05) is 12.1 Å². The summed E-state index contributed by atoms with van der Waals surface area (Å²) in [4.78, 5) is 5.80. The highest BCUT2D eigenvalue weighted by Gasteiger charge is 2.23. The molecule has 1 aliphatic carbocycles. The molecule has 3 nitrogen and oxygen atoms in total. The Morgan fingerprint density at radius 3 is 3.10 bits per heavy atom. The Morgan fingerprint density at radius 1 is 1.55 bits per heavy atom. The summed E-state index contributed by atoms with van der Waals surface area (Å²) in [6, 6.07) is 6.10. The molecule has 0 amide bonds. The van der Waals surface area contributed by atoms with Crippen LogP contribution in [-0.4, -0.2) is 6.21 Å². The van der Waals surface area contributed by atoms with Crippen LogP contribution in [0.5, 0.6) is 0 Å². The third-order valence-corrected chi connectivity index (χ3v) is 5.25. The first-order valence-electron chi connectivity index (χ1n) is 6.51. The molecule has 20 heavy (non-hydrogen) atoms. The molecule has 0 bridgehead atoms. The molecule has 102 valence electrons. The van der Waals surface area contributed by atoms with Crippen molar-refractivity contribution in [2.45, 2.75) is 26.2 Å². The van der Waals surface area contributed by atoms with E-state index in [9.17, 15) is 5.26 Å². The van der Waals surface area contributed by atoms with Crippen LogP contribution in [0.1, 0.15) is 35.1 Å². The van der Waals surface area contributed by atoms with Gasteiger partial charge in [0.15, 0.2) is 3.77 Å². The molecule has 3 rings (SSSR count). The molecule has 2 aromatic heterocycles. The lowest BCUT2D eigenvalue weighted by atomic mass is 9.89. The van der Waals surface area contributed by atoms with Crippen LogP contribution in [0.3, 0.4) is 0 Å². The van der Waals surface area contributed by atoms with Crippen LogP contribution in [0, 0.1) is 21.0 Å². The van der Waals surface area contributed by atoms with Crippen LogP contribution in [0.2, 0.25) is 0 Å². The minimum atomic E-state index is 0.705. The largest absolute Gasteiger partial charge is 0.449 e. The van der Waals surface area contributed by atoms with Crippen LogP contribution in [-0.2, 0) is 12.8 Å². The van der Waals surface area contributed by atoms with Gasteiger partial charge in [-0.3, -0.25) is 0 Å². The molecular formula is C15H13IN2OS. The van der Waals surface area contributed by atoms with Crippen molar-refractivity contribution in [1.82, 2.24) is 0 Å². The van der Waals surface area contributed by atoms with Gasteiger partial charge in [-0.25, -0.2) is 4.99 Å². The maximum absolute atomic E-state index is 9.39. The predicted molar refractivity (Wildman–Crippen MR) is 88.9 cm³/mol. The van der Waals surface area contributed by atoms with Crippen LogP contribution >= 0.6 is 33.9 Å². The number of hydrogen-bond acceptors (Lipinski definition) is 4. The Labute approximate surface area is 135 Å². The lowest BCUT2D eigenvalue weighted by Crippen LogP contribution is -2.09. The smallest absolute Gasteiger partial charge is 0.164 e. The lowest BCUT2D eigenvalue weighted by molar-refractivity contribution is 0.507. The van der Waals surface area contributed by atoms with E-state index >= 15 is 0 Å². The van der Waals surface area contributed by atoms with Crippen molar-refractivity contribution in [1.29, 1.82) is 5.26 Å². The molecule has 1 unspecified atom stereocenters. The number of thiophene rings is 1. The van der Waals surface area contributed by atoms with E-state index in [0.29, 0.717) is 5.92 Å². The number of hydrogen-bond donors (Lipinski definition) is 0. The number of aliphatic imine (C=N–C) groups is 1. The Morgan fingerprint density at radius 2 is 2.40 bits per heavy atom. The van der Waals surface area contributed by atoms with Crippen LogP contribution < -0.4 is 0 Å². The minimum absolute atomic E-state index is 0.705. The summed E-state index contributed by atoms with van der Waals surface area (Å²) in [7, 11) is 0. The zero-order chi connectivity index (χ0) is 14.1. The van der Waals surface area contributed by atoms with Crippen molar-refractivity contribution in [2.75, 3.05) is 0 Å². The zero-order valence-corrected chi connectivity index (χ0v) is 14.0. The second kappa shape index (κ2) is 5.70. The average molecular weight is 396 g/mol. The summed E-state index contributed by atoms with van der Waals surface area (Å²) < 4.78 is 6.29. The van der Waals surface area contributed by atoms with Gasteiger partial charge in [0.05, 0.1) is 11.8 Å². The Balaban J connectivity index is 1.94. The van der Waals surface area contributed by atoms with E-state index in [0.717, 1.165) is 39.4 Å². The summed E-state index contributed by atoms with van der Waals surface area (Å²) in [5.41, 5.74) is 1.98. The molecular weight excluding hydrogens is 383 g/mol. The quantitative estimate of drug-likeness (QED) is 0.546. The Hall–Kier alpha value is -1.13. The second-order valence-corrected chi connectivity index (χ2v) is 7.19. The standard InChI is InChI=1S/C15H13IN2OS/c1-9-2-4-11-12(7-17)15(20-13(11)6-9)18-8-10-3-5-14(16)19-10/h3,5,8-9H,2,4,6H2,1H3/b18-8+. The molecule has 1 atom stereocenters. The number of rotatable bonds is 2. The molecule has 0 saturated heterocycles. The number of nitriles is 1. The fourth-order valence-corrected chi connectivity index (χ4v) is 4.20. The van der Waals surface area contributed by atoms with Gasteiger partial charge in [-0.2, -0.15) is 5.26 Å². The highest BCUT2D eigenvalue weighted by Crippen LogP contribution is 2.40. The van der Waals surface area contributed by atoms with Crippen molar-refractivity contribution >= 4 is 45.1 Å². The second-order valence-electron chi connectivity index (χ2n) is 5.04. The van der Waals surface area contributed by atoms with Gasteiger partial charge in [0.25, 0.3) is 0 Å². The van der Waals surface area contributed by atoms with Crippen LogP contribution in [0.25, 0.3) is 0 Å². The third-order valence-electron chi connectivity index (χ3n) is 3.51. The molecule has 0 N–H and O–H groups in total. The number of halogens is 1. The van der Waals surface area contributed by atoms with Gasteiger partial charge in [-0.15, -0.1) is 11.3 Å². The van der Waals surface area contributed by atoms with Gasteiger partial charge < -0.3 is 4.42 Å². The molecule has 0 spiro atoms. The number of nitrogens with zero attached hydrogens (tertiary/aromatic N) is 2. The summed E-state index contributed by atoms with van der Waals surface area (Å²) in [6.45, 7) is 2.27. The van der Waals surface area contributed by atoms with Gasteiger partial charge in [0.1, 0.15) is 16.8 Å². The molecule has 0 aromatic carbocycles. The molecule has 5 heteroatoms. The first kappa shape index (κ1) is 13.8. The molecule has 2 heterocycles. The van der Waals surface area contributed by atoms with Gasteiger partial charge >= 0.3 is 0 Å². The van der Waals surface area contributed by atoms with Crippen molar-refractivity contribution in [3.63, 3.8) is 0 Å². The first-order valence-corrected chi connectivity index (χ1v) is 8.41. The maximum Gasteiger partial charge on any atom is 0.164 e. The van der Waals surface area contributed by atoms with Gasteiger partial charge in [0, 0.05) is 4.88 Å². The zero-order valence-electron chi connectivity index (χ0n) is 11.0. The van der Waals surface area contributed by atoms with E-state index in [2.05, 4.69) is 40.6 Å². The topological polar surface area (TPSA) is 49.3 Å². The monoisotopic (exact) mass is 396 g/mol. The van der Waals surface area contributed by atoms with Gasteiger partial charge in [-0.05, 0) is 65.5 Å². The van der Waals surface area contributed by atoms with Gasteiger partial charge in [-0.1, -0.05) is 6.92 Å². The summed E-state index contributed by atoms with van der Waals surface area (Å²) in [5.74, 6) is 1.43. The highest BCUT2D eigenvalue weighted by atomic mass is 127. The number of fused-ring (bicyclic) bond motifs is 1. The molecule has 1 aliphatic rings. The van der Waals surface area contributed by atoms with Crippen molar-refractivity contribution in [2.24, 2.45) is 10.9 Å². The van der Waals surface area contributed by atoms with Crippen LogP contribution in [0.15, 0.2) is 21.5 Å². The molecule has 0 aliphatic heterocycles. The van der Waals surface area contributed by atoms with E-state index in [1.165, 1.54) is 10.4 Å². The number of furan rings is 1. The molecule has 0 saturated carbocycles. The summed E-state index contributed by atoms with van der Waals surface area (Å²) >= 11 is 3.78.